The summed E-state index contributed by atoms with van der Waals surface area (Å²) in [6.45, 7) is 1.22. The van der Waals surface area contributed by atoms with E-state index in [9.17, 15) is 14.0 Å². The number of hydrogen-bond donors (Lipinski definition) is 2. The van der Waals surface area contributed by atoms with Crippen LogP contribution in [-0.4, -0.2) is 47.0 Å². The molecular weight excluding hydrogens is 391 g/mol. The van der Waals surface area contributed by atoms with E-state index < -0.39 is 6.03 Å². The average molecular weight is 413 g/mol. The first kappa shape index (κ1) is 18.0. The largest absolute Gasteiger partial charge is 0.351 e. The second kappa shape index (κ2) is 7.59. The highest BCUT2D eigenvalue weighted by molar-refractivity contribution is 9.10. The lowest BCUT2D eigenvalue weighted by atomic mass is 10.0. The maximum atomic E-state index is 13.8. The van der Waals surface area contributed by atoms with Gasteiger partial charge < -0.3 is 20.9 Å². The first-order valence-corrected chi connectivity index (χ1v) is 9.29. The fourth-order valence-electron chi connectivity index (χ4n) is 3.32. The second-order valence-corrected chi connectivity index (χ2v) is 7.53. The van der Waals surface area contributed by atoms with Crippen molar-refractivity contribution in [3.05, 3.63) is 34.1 Å². The SMILES string of the molecule is NC(=O)N(C1CC1)[C@@H]1CCCN(C(=O)NCc2ccc(Br)cc2F)C1. The van der Waals surface area contributed by atoms with Crippen LogP contribution in [0, 0.1) is 5.82 Å². The molecule has 1 aliphatic heterocycles. The molecule has 0 unspecified atom stereocenters. The first-order valence-electron chi connectivity index (χ1n) is 8.50. The number of carbonyl (C=O) groups is 2. The Kier molecular flexibility index (Phi) is 5.46. The van der Waals surface area contributed by atoms with Crippen molar-refractivity contribution in [3.8, 4) is 0 Å². The van der Waals surface area contributed by atoms with Crippen molar-refractivity contribution in [2.45, 2.75) is 44.3 Å². The quantitative estimate of drug-likeness (QED) is 0.797. The Bertz CT molecular complexity index is 668. The fourth-order valence-corrected chi connectivity index (χ4v) is 3.66. The fraction of sp³-hybridized carbons (Fsp3) is 0.529. The minimum atomic E-state index is -0.410. The number of nitrogens with zero attached hydrogens (tertiary/aromatic N) is 2. The Labute approximate surface area is 154 Å². The van der Waals surface area contributed by atoms with Gasteiger partial charge in [0.15, 0.2) is 0 Å². The third kappa shape index (κ3) is 4.42. The number of nitrogens with two attached hydrogens (primary N) is 1. The van der Waals surface area contributed by atoms with Crippen molar-refractivity contribution >= 4 is 28.0 Å². The zero-order valence-corrected chi connectivity index (χ0v) is 15.5. The molecular formula is C17H22BrFN4O2. The summed E-state index contributed by atoms with van der Waals surface area (Å²) in [5, 5.41) is 2.76. The molecule has 0 spiro atoms. The van der Waals surface area contributed by atoms with Gasteiger partial charge >= 0.3 is 12.1 Å². The van der Waals surface area contributed by atoms with Crippen LogP contribution in [0.15, 0.2) is 22.7 Å². The molecule has 6 nitrogen and oxygen atoms in total. The molecule has 136 valence electrons. The molecule has 4 amide bonds. The number of piperidine rings is 1. The zero-order valence-electron chi connectivity index (χ0n) is 13.9. The monoisotopic (exact) mass is 412 g/mol. The summed E-state index contributed by atoms with van der Waals surface area (Å²) in [4.78, 5) is 27.6. The van der Waals surface area contributed by atoms with E-state index in [0.29, 0.717) is 23.1 Å². The van der Waals surface area contributed by atoms with Crippen LogP contribution in [0.2, 0.25) is 0 Å². The number of likely N-dealkylation sites (tertiary alicyclic amines) is 1. The molecule has 2 aliphatic rings. The number of nitrogens with one attached hydrogen (secondary N) is 1. The van der Waals surface area contributed by atoms with Crippen LogP contribution in [0.4, 0.5) is 14.0 Å². The minimum Gasteiger partial charge on any atom is -0.351 e. The van der Waals surface area contributed by atoms with Gasteiger partial charge in [0.25, 0.3) is 0 Å². The molecule has 1 aromatic rings. The van der Waals surface area contributed by atoms with Gasteiger partial charge in [-0.25, -0.2) is 14.0 Å². The average Bonchev–Trinajstić information content (AvgIpc) is 3.38. The van der Waals surface area contributed by atoms with Crippen molar-refractivity contribution in [2.75, 3.05) is 13.1 Å². The number of carbonyl (C=O) groups excluding carboxylic acids is 2. The van der Waals surface area contributed by atoms with Crippen molar-refractivity contribution in [1.29, 1.82) is 0 Å². The molecule has 1 saturated heterocycles. The summed E-state index contributed by atoms with van der Waals surface area (Å²) in [7, 11) is 0. The van der Waals surface area contributed by atoms with E-state index in [1.807, 2.05) is 0 Å². The molecule has 0 radical (unpaired) electrons. The Hall–Kier alpha value is -1.83. The van der Waals surface area contributed by atoms with Crippen LogP contribution in [0.5, 0.6) is 0 Å². The summed E-state index contributed by atoms with van der Waals surface area (Å²) in [6.07, 6.45) is 3.63. The number of urea groups is 2. The van der Waals surface area contributed by atoms with E-state index in [-0.39, 0.29) is 30.5 Å². The van der Waals surface area contributed by atoms with Crippen molar-refractivity contribution < 1.29 is 14.0 Å². The van der Waals surface area contributed by atoms with Crippen LogP contribution in [-0.2, 0) is 6.54 Å². The third-order valence-corrected chi connectivity index (χ3v) is 5.21. The molecule has 1 saturated carbocycles. The van der Waals surface area contributed by atoms with E-state index >= 15 is 0 Å². The predicted octanol–water partition coefficient (Wildman–Crippen LogP) is 2.81. The lowest BCUT2D eigenvalue weighted by Crippen LogP contribution is -2.55. The van der Waals surface area contributed by atoms with Crippen LogP contribution in [0.1, 0.15) is 31.2 Å². The van der Waals surface area contributed by atoms with Gasteiger partial charge in [-0.05, 0) is 37.8 Å². The lowest BCUT2D eigenvalue weighted by Gasteiger charge is -2.38. The highest BCUT2D eigenvalue weighted by atomic mass is 79.9. The number of rotatable bonds is 4. The molecule has 1 aliphatic carbocycles. The number of benzene rings is 1. The molecule has 1 atom stereocenters. The summed E-state index contributed by atoms with van der Waals surface area (Å²) in [6, 6.07) is 4.29. The van der Waals surface area contributed by atoms with Crippen molar-refractivity contribution in [1.82, 2.24) is 15.1 Å². The third-order valence-electron chi connectivity index (χ3n) is 4.72. The van der Waals surface area contributed by atoms with E-state index in [1.54, 1.807) is 21.9 Å². The van der Waals surface area contributed by atoms with Gasteiger partial charge in [-0.15, -0.1) is 0 Å². The maximum Gasteiger partial charge on any atom is 0.317 e. The van der Waals surface area contributed by atoms with E-state index in [4.69, 9.17) is 5.73 Å². The van der Waals surface area contributed by atoms with Gasteiger partial charge in [0.1, 0.15) is 5.82 Å². The molecule has 1 aromatic carbocycles. The molecule has 1 heterocycles. The molecule has 3 N–H and O–H groups in total. The van der Waals surface area contributed by atoms with Crippen LogP contribution in [0.25, 0.3) is 0 Å². The molecule has 25 heavy (non-hydrogen) atoms. The van der Waals surface area contributed by atoms with E-state index in [2.05, 4.69) is 21.2 Å². The van der Waals surface area contributed by atoms with Crippen molar-refractivity contribution in [2.24, 2.45) is 5.73 Å². The summed E-state index contributed by atoms with van der Waals surface area (Å²) < 4.78 is 14.5. The van der Waals surface area contributed by atoms with Crippen LogP contribution < -0.4 is 11.1 Å². The molecule has 2 fully saturated rings. The number of primary amides is 1. The number of halogens is 2. The standard InChI is InChI=1S/C17H22BrFN4O2/c18-12-4-3-11(15(19)8-12)9-21-17(25)22-7-1-2-14(10-22)23(16(20)24)13-5-6-13/h3-4,8,13-14H,1-2,5-7,9-10H2,(H2,20,24)(H,21,25)/t14-/m1/s1. The Morgan fingerprint density at radius 3 is 2.72 bits per heavy atom. The predicted molar refractivity (Wildman–Crippen MR) is 95.4 cm³/mol. The first-order chi connectivity index (χ1) is 12.0. The van der Waals surface area contributed by atoms with Gasteiger partial charge in [-0.2, -0.15) is 0 Å². The topological polar surface area (TPSA) is 78.7 Å². The molecule has 3 rings (SSSR count). The van der Waals surface area contributed by atoms with Crippen molar-refractivity contribution in [3.63, 3.8) is 0 Å². The zero-order chi connectivity index (χ0) is 18.0. The van der Waals surface area contributed by atoms with Crippen LogP contribution in [0.3, 0.4) is 0 Å². The van der Waals surface area contributed by atoms with Crippen LogP contribution >= 0.6 is 15.9 Å². The summed E-state index contributed by atoms with van der Waals surface area (Å²) in [5.74, 6) is -0.361. The smallest absolute Gasteiger partial charge is 0.317 e. The van der Waals surface area contributed by atoms with Gasteiger partial charge in [0.2, 0.25) is 0 Å². The lowest BCUT2D eigenvalue weighted by molar-refractivity contribution is 0.119. The van der Waals surface area contributed by atoms with Gasteiger partial charge in [0.05, 0.1) is 6.04 Å². The molecule has 0 aromatic heterocycles. The Morgan fingerprint density at radius 2 is 2.08 bits per heavy atom. The molecule has 8 heteroatoms. The number of amides is 4. The van der Waals surface area contributed by atoms with Gasteiger partial charge in [-0.3, -0.25) is 0 Å². The maximum absolute atomic E-state index is 13.8. The van der Waals surface area contributed by atoms with E-state index in [1.165, 1.54) is 6.07 Å². The normalized spacial score (nSPS) is 20.2. The summed E-state index contributed by atoms with van der Waals surface area (Å²) in [5.41, 5.74) is 5.95. The van der Waals surface area contributed by atoms with Gasteiger partial charge in [0, 0.05) is 35.7 Å². The van der Waals surface area contributed by atoms with E-state index in [0.717, 1.165) is 25.7 Å². The highest BCUT2D eigenvalue weighted by Gasteiger charge is 2.38. The summed E-state index contributed by atoms with van der Waals surface area (Å²) >= 11 is 3.21. The molecule has 0 bridgehead atoms. The minimum absolute atomic E-state index is 0.0334. The Balaban J connectivity index is 1.57. The second-order valence-electron chi connectivity index (χ2n) is 6.61. The van der Waals surface area contributed by atoms with Gasteiger partial charge in [-0.1, -0.05) is 22.0 Å². The highest BCUT2D eigenvalue weighted by Crippen LogP contribution is 2.31. The Morgan fingerprint density at radius 1 is 1.32 bits per heavy atom. The number of hydrogen-bond acceptors (Lipinski definition) is 2.